The van der Waals surface area contributed by atoms with Crippen molar-refractivity contribution in [3.8, 4) is 0 Å². The predicted octanol–water partition coefficient (Wildman–Crippen LogP) is 3.08. The third-order valence-electron chi connectivity index (χ3n) is 2.92. The summed E-state index contributed by atoms with van der Waals surface area (Å²) in [4.78, 5) is 13.4. The summed E-state index contributed by atoms with van der Waals surface area (Å²) < 4.78 is 39.0. The highest BCUT2D eigenvalue weighted by atomic mass is 35.5. The van der Waals surface area contributed by atoms with Gasteiger partial charge in [-0.05, 0) is 18.1 Å². The maximum absolute atomic E-state index is 13.0. The number of amides is 1. The Morgan fingerprint density at radius 1 is 1.30 bits per heavy atom. The Kier molecular flexibility index (Phi) is 4.23. The van der Waals surface area contributed by atoms with Crippen molar-refractivity contribution in [1.29, 1.82) is 0 Å². The lowest BCUT2D eigenvalue weighted by Gasteiger charge is -2.09. The molecule has 0 aliphatic carbocycles. The van der Waals surface area contributed by atoms with Crippen LogP contribution in [0.3, 0.4) is 0 Å². The van der Waals surface area contributed by atoms with Crippen molar-refractivity contribution in [1.82, 2.24) is 10.3 Å². The maximum Gasteiger partial charge on any atom is 0.431 e. The summed E-state index contributed by atoms with van der Waals surface area (Å²) in [7, 11) is 0. The third-order valence-corrected chi connectivity index (χ3v) is 3.16. The van der Waals surface area contributed by atoms with Gasteiger partial charge in [0.05, 0.1) is 0 Å². The Hall–Kier alpha value is -1.69. The van der Waals surface area contributed by atoms with Crippen molar-refractivity contribution in [2.45, 2.75) is 12.6 Å². The smallest absolute Gasteiger partial charge is 0.355 e. The summed E-state index contributed by atoms with van der Waals surface area (Å²) >= 11 is 5.31. The van der Waals surface area contributed by atoms with Gasteiger partial charge in [0, 0.05) is 17.4 Å². The molecule has 1 amide bonds. The van der Waals surface area contributed by atoms with Gasteiger partial charge in [-0.2, -0.15) is 13.2 Å². The second-order valence-electron chi connectivity index (χ2n) is 4.26. The standard InChI is InChI=1S/C13H12ClF3N2O/c14-7-11(20)18-6-5-9-8-3-1-2-4-10(8)19-12(9)13(15,16)17/h1-4,19H,5-7H2,(H,18,20). The lowest BCUT2D eigenvalue weighted by atomic mass is 10.1. The van der Waals surface area contributed by atoms with E-state index < -0.39 is 17.8 Å². The molecule has 2 N–H and O–H groups in total. The molecule has 1 aromatic carbocycles. The number of para-hydroxylation sites is 1. The van der Waals surface area contributed by atoms with Crippen molar-refractivity contribution in [3.63, 3.8) is 0 Å². The largest absolute Gasteiger partial charge is 0.431 e. The van der Waals surface area contributed by atoms with E-state index in [-0.39, 0.29) is 24.4 Å². The van der Waals surface area contributed by atoms with Gasteiger partial charge >= 0.3 is 6.18 Å². The molecule has 0 saturated carbocycles. The van der Waals surface area contributed by atoms with Gasteiger partial charge in [-0.25, -0.2) is 0 Å². The number of halogens is 4. The van der Waals surface area contributed by atoms with Crippen LogP contribution in [-0.2, 0) is 17.4 Å². The number of nitrogens with one attached hydrogen (secondary N) is 2. The van der Waals surface area contributed by atoms with E-state index in [1.165, 1.54) is 0 Å². The van der Waals surface area contributed by atoms with E-state index in [0.717, 1.165) is 0 Å². The quantitative estimate of drug-likeness (QED) is 0.838. The lowest BCUT2D eigenvalue weighted by molar-refractivity contribution is -0.141. The molecule has 0 radical (unpaired) electrons. The Bertz CT molecular complexity index is 622. The minimum absolute atomic E-state index is 0.0848. The molecule has 3 nitrogen and oxygen atoms in total. The first-order valence-electron chi connectivity index (χ1n) is 5.93. The van der Waals surface area contributed by atoms with Crippen LogP contribution in [0.4, 0.5) is 13.2 Å². The van der Waals surface area contributed by atoms with Gasteiger partial charge in [0.1, 0.15) is 11.6 Å². The molecule has 1 heterocycles. The zero-order valence-electron chi connectivity index (χ0n) is 10.4. The number of H-pyrrole nitrogens is 1. The summed E-state index contributed by atoms with van der Waals surface area (Å²) in [6.07, 6.45) is -4.37. The SMILES string of the molecule is O=C(CCl)NCCc1c(C(F)(F)F)[nH]c2ccccc12. The monoisotopic (exact) mass is 304 g/mol. The molecule has 2 aromatic rings. The van der Waals surface area contributed by atoms with Crippen LogP contribution in [0.25, 0.3) is 10.9 Å². The zero-order chi connectivity index (χ0) is 14.8. The molecule has 0 aliphatic heterocycles. The van der Waals surface area contributed by atoms with E-state index in [9.17, 15) is 18.0 Å². The molecule has 0 bridgehead atoms. The molecule has 1 aromatic heterocycles. The summed E-state index contributed by atoms with van der Waals surface area (Å²) in [6.45, 7) is 0.108. The van der Waals surface area contributed by atoms with E-state index in [0.29, 0.717) is 10.9 Å². The molecule has 0 spiro atoms. The first-order chi connectivity index (χ1) is 9.43. The summed E-state index contributed by atoms with van der Waals surface area (Å²) in [5.41, 5.74) is -0.180. The van der Waals surface area contributed by atoms with Crippen molar-refractivity contribution >= 4 is 28.4 Å². The van der Waals surface area contributed by atoms with Crippen LogP contribution in [0.2, 0.25) is 0 Å². The van der Waals surface area contributed by atoms with Crippen molar-refractivity contribution in [2.75, 3.05) is 12.4 Å². The Balaban J connectivity index is 2.31. The van der Waals surface area contributed by atoms with Crippen molar-refractivity contribution < 1.29 is 18.0 Å². The van der Waals surface area contributed by atoms with E-state index >= 15 is 0 Å². The minimum atomic E-state index is -4.45. The average Bonchev–Trinajstić information content (AvgIpc) is 2.78. The van der Waals surface area contributed by atoms with Crippen LogP contribution in [-0.4, -0.2) is 23.3 Å². The van der Waals surface area contributed by atoms with E-state index in [1.807, 2.05) is 0 Å². The third kappa shape index (κ3) is 3.07. The molecule has 0 aliphatic rings. The number of aromatic amines is 1. The summed E-state index contributed by atoms with van der Waals surface area (Å²) in [5.74, 6) is -0.611. The predicted molar refractivity (Wildman–Crippen MR) is 70.7 cm³/mol. The molecule has 0 unspecified atom stereocenters. The molecule has 108 valence electrons. The first kappa shape index (κ1) is 14.7. The molecule has 0 atom stereocenters. The summed E-state index contributed by atoms with van der Waals surface area (Å²) in [5, 5.41) is 2.98. The zero-order valence-corrected chi connectivity index (χ0v) is 11.1. The van der Waals surface area contributed by atoms with Gasteiger partial charge in [0.2, 0.25) is 5.91 Å². The van der Waals surface area contributed by atoms with E-state index in [2.05, 4.69) is 10.3 Å². The summed E-state index contributed by atoms with van der Waals surface area (Å²) in [6, 6.07) is 6.56. The maximum atomic E-state index is 13.0. The molecule has 0 saturated heterocycles. The number of hydrogen-bond acceptors (Lipinski definition) is 1. The second kappa shape index (κ2) is 5.75. The highest BCUT2D eigenvalue weighted by Gasteiger charge is 2.36. The average molecular weight is 305 g/mol. The topological polar surface area (TPSA) is 44.9 Å². The fraction of sp³-hybridized carbons (Fsp3) is 0.308. The highest BCUT2D eigenvalue weighted by molar-refractivity contribution is 6.27. The normalized spacial score (nSPS) is 11.8. The van der Waals surface area contributed by atoms with Crippen LogP contribution in [0.15, 0.2) is 24.3 Å². The fourth-order valence-corrected chi connectivity index (χ4v) is 2.17. The van der Waals surface area contributed by atoms with Crippen molar-refractivity contribution in [2.24, 2.45) is 0 Å². The van der Waals surface area contributed by atoms with Crippen molar-refractivity contribution in [3.05, 3.63) is 35.5 Å². The van der Waals surface area contributed by atoms with Crippen LogP contribution in [0.1, 0.15) is 11.3 Å². The fourth-order valence-electron chi connectivity index (χ4n) is 2.08. The van der Waals surface area contributed by atoms with Gasteiger partial charge in [-0.15, -0.1) is 11.6 Å². The number of aromatic nitrogens is 1. The Morgan fingerprint density at radius 2 is 2.00 bits per heavy atom. The molecular formula is C13H12ClF3N2O. The van der Waals surface area contributed by atoms with E-state index in [4.69, 9.17) is 11.6 Å². The van der Waals surface area contributed by atoms with E-state index in [1.54, 1.807) is 24.3 Å². The first-order valence-corrected chi connectivity index (χ1v) is 6.46. The van der Waals surface area contributed by atoms with Gasteiger partial charge in [-0.1, -0.05) is 18.2 Å². The van der Waals surface area contributed by atoms with Crippen LogP contribution in [0.5, 0.6) is 0 Å². The van der Waals surface area contributed by atoms with Gasteiger partial charge in [0.15, 0.2) is 0 Å². The number of rotatable bonds is 4. The molecule has 0 fully saturated rings. The van der Waals surface area contributed by atoms with Crippen LogP contribution < -0.4 is 5.32 Å². The van der Waals surface area contributed by atoms with Crippen LogP contribution in [0, 0.1) is 0 Å². The number of carbonyl (C=O) groups is 1. The van der Waals surface area contributed by atoms with Crippen LogP contribution >= 0.6 is 11.6 Å². The number of alkyl halides is 4. The lowest BCUT2D eigenvalue weighted by Crippen LogP contribution is -2.27. The second-order valence-corrected chi connectivity index (χ2v) is 4.52. The van der Waals surface area contributed by atoms with Gasteiger partial charge < -0.3 is 10.3 Å². The number of hydrogen-bond donors (Lipinski definition) is 2. The Morgan fingerprint density at radius 3 is 2.65 bits per heavy atom. The molecular weight excluding hydrogens is 293 g/mol. The molecule has 20 heavy (non-hydrogen) atoms. The van der Waals surface area contributed by atoms with Gasteiger partial charge in [-0.3, -0.25) is 4.79 Å². The number of benzene rings is 1. The molecule has 7 heteroatoms. The molecule has 2 rings (SSSR count). The minimum Gasteiger partial charge on any atom is -0.355 e. The highest BCUT2D eigenvalue weighted by Crippen LogP contribution is 2.35. The Labute approximate surface area is 118 Å². The van der Waals surface area contributed by atoms with Gasteiger partial charge in [0.25, 0.3) is 0 Å². The number of fused-ring (bicyclic) bond motifs is 1. The number of carbonyl (C=O) groups excluding carboxylic acids is 1.